The molecule has 0 amide bonds. The molecule has 0 aromatic rings. The molecule has 0 aromatic carbocycles. The Morgan fingerprint density at radius 1 is 1.21 bits per heavy atom. The molecule has 0 radical (unpaired) electrons. The molecule has 19 heavy (non-hydrogen) atoms. The van der Waals surface area contributed by atoms with E-state index in [-0.39, 0.29) is 0 Å². The molecule has 3 unspecified atom stereocenters. The predicted octanol–water partition coefficient (Wildman–Crippen LogP) is 2.12. The lowest BCUT2D eigenvalue weighted by atomic mass is 9.81. The van der Waals surface area contributed by atoms with Gasteiger partial charge in [0.1, 0.15) is 0 Å². The van der Waals surface area contributed by atoms with E-state index >= 15 is 0 Å². The first-order valence-electron chi connectivity index (χ1n) is 8.32. The highest BCUT2D eigenvalue weighted by atomic mass is 16.5. The van der Waals surface area contributed by atoms with Gasteiger partial charge in [-0.25, -0.2) is 0 Å². The van der Waals surface area contributed by atoms with Crippen LogP contribution in [0.15, 0.2) is 0 Å². The van der Waals surface area contributed by atoms with Gasteiger partial charge >= 0.3 is 0 Å². The summed E-state index contributed by atoms with van der Waals surface area (Å²) in [7, 11) is 0. The van der Waals surface area contributed by atoms with Gasteiger partial charge in [-0.3, -0.25) is 0 Å². The highest BCUT2D eigenvalue weighted by Crippen LogP contribution is 2.39. The summed E-state index contributed by atoms with van der Waals surface area (Å²) >= 11 is 0. The molecule has 0 aromatic heterocycles. The summed E-state index contributed by atoms with van der Waals surface area (Å²) in [5.74, 6) is 2.03. The quantitative estimate of drug-likeness (QED) is 0.825. The maximum Gasteiger partial charge on any atom is 0.0546 e. The van der Waals surface area contributed by atoms with Crippen LogP contribution < -0.4 is 5.32 Å². The number of nitrogens with one attached hydrogen (secondary N) is 1. The van der Waals surface area contributed by atoms with Crippen molar-refractivity contribution in [2.75, 3.05) is 45.9 Å². The number of nitrogens with zero attached hydrogens (tertiary/aromatic N) is 1. The van der Waals surface area contributed by atoms with Crippen LogP contribution in [0, 0.1) is 17.3 Å². The number of likely N-dealkylation sites (tertiary alicyclic amines) is 1. The molecule has 3 fully saturated rings. The average Bonchev–Trinajstić information content (AvgIpc) is 2.98. The minimum atomic E-state index is 0.382. The van der Waals surface area contributed by atoms with Crippen molar-refractivity contribution in [2.24, 2.45) is 17.3 Å². The summed E-state index contributed by atoms with van der Waals surface area (Å²) < 4.78 is 5.82. The molecule has 2 aliphatic heterocycles. The monoisotopic (exact) mass is 266 g/mol. The second kappa shape index (κ2) is 6.11. The second-order valence-electron chi connectivity index (χ2n) is 7.08. The van der Waals surface area contributed by atoms with Crippen LogP contribution in [-0.4, -0.2) is 50.8 Å². The fourth-order valence-corrected chi connectivity index (χ4v) is 4.56. The van der Waals surface area contributed by atoms with Crippen LogP contribution in [0.4, 0.5) is 0 Å². The van der Waals surface area contributed by atoms with Gasteiger partial charge in [0.05, 0.1) is 6.61 Å². The van der Waals surface area contributed by atoms with Crippen molar-refractivity contribution in [3.8, 4) is 0 Å². The van der Waals surface area contributed by atoms with E-state index in [0.29, 0.717) is 5.41 Å². The summed E-state index contributed by atoms with van der Waals surface area (Å²) in [6.45, 7) is 10.3. The van der Waals surface area contributed by atoms with E-state index in [2.05, 4.69) is 17.1 Å². The van der Waals surface area contributed by atoms with E-state index in [0.717, 1.165) is 38.1 Å². The van der Waals surface area contributed by atoms with E-state index < -0.39 is 0 Å². The molecule has 3 nitrogen and oxygen atoms in total. The van der Waals surface area contributed by atoms with Gasteiger partial charge < -0.3 is 15.0 Å². The smallest absolute Gasteiger partial charge is 0.0546 e. The maximum absolute atomic E-state index is 5.82. The van der Waals surface area contributed by atoms with Gasteiger partial charge in [0.15, 0.2) is 0 Å². The van der Waals surface area contributed by atoms with Crippen LogP contribution >= 0.6 is 0 Å². The molecule has 1 saturated carbocycles. The highest BCUT2D eigenvalue weighted by molar-refractivity contribution is 4.93. The first-order valence-corrected chi connectivity index (χ1v) is 8.32. The largest absolute Gasteiger partial charge is 0.381 e. The number of ether oxygens (including phenoxy) is 1. The van der Waals surface area contributed by atoms with Gasteiger partial charge in [-0.1, -0.05) is 13.3 Å². The summed E-state index contributed by atoms with van der Waals surface area (Å²) in [6.07, 6.45) is 7.03. The Kier molecular flexibility index (Phi) is 4.45. The maximum atomic E-state index is 5.82. The molecule has 3 atom stereocenters. The van der Waals surface area contributed by atoms with Crippen molar-refractivity contribution < 1.29 is 4.74 Å². The summed E-state index contributed by atoms with van der Waals surface area (Å²) in [4.78, 5) is 2.75. The van der Waals surface area contributed by atoms with E-state index in [1.54, 1.807) is 0 Å². The zero-order chi connectivity index (χ0) is 13.1. The molecule has 3 rings (SSSR count). The van der Waals surface area contributed by atoms with Crippen molar-refractivity contribution in [1.29, 1.82) is 0 Å². The van der Waals surface area contributed by atoms with Gasteiger partial charge in [0, 0.05) is 38.2 Å². The molecule has 3 aliphatic rings. The van der Waals surface area contributed by atoms with Crippen LogP contribution in [-0.2, 0) is 4.74 Å². The second-order valence-corrected chi connectivity index (χ2v) is 7.08. The van der Waals surface area contributed by atoms with Gasteiger partial charge in [-0.05, 0) is 44.1 Å². The summed E-state index contributed by atoms with van der Waals surface area (Å²) in [5, 5.41) is 3.58. The van der Waals surface area contributed by atoms with Crippen LogP contribution in [0.3, 0.4) is 0 Å². The van der Waals surface area contributed by atoms with Crippen LogP contribution in [0.1, 0.15) is 39.0 Å². The fraction of sp³-hybridized carbons (Fsp3) is 1.00. The molecule has 110 valence electrons. The Morgan fingerprint density at radius 2 is 2.00 bits per heavy atom. The molecule has 0 spiro atoms. The van der Waals surface area contributed by atoms with Crippen LogP contribution in [0.25, 0.3) is 0 Å². The summed E-state index contributed by atoms with van der Waals surface area (Å²) in [6, 6.07) is 0. The summed E-state index contributed by atoms with van der Waals surface area (Å²) in [5.41, 5.74) is 0.382. The standard InChI is InChI=1S/C16H30N2O/c1-2-17-11-16(7-4-8-19-13-16)12-18-9-14-5-3-6-15(14)10-18/h14-15,17H,2-13H2,1H3. The zero-order valence-electron chi connectivity index (χ0n) is 12.5. The molecule has 0 bridgehead atoms. The molecule has 1 N–H and O–H groups in total. The lowest BCUT2D eigenvalue weighted by Gasteiger charge is -2.40. The average molecular weight is 266 g/mol. The first-order chi connectivity index (χ1) is 9.31. The van der Waals surface area contributed by atoms with Crippen molar-refractivity contribution in [3.63, 3.8) is 0 Å². The van der Waals surface area contributed by atoms with E-state index in [1.807, 2.05) is 0 Å². The molecule has 2 saturated heterocycles. The topological polar surface area (TPSA) is 24.5 Å². The third-order valence-electron chi connectivity index (χ3n) is 5.51. The van der Waals surface area contributed by atoms with Gasteiger partial charge in [0.25, 0.3) is 0 Å². The lowest BCUT2D eigenvalue weighted by Crippen LogP contribution is -2.48. The minimum Gasteiger partial charge on any atom is -0.381 e. The Hall–Kier alpha value is -0.120. The van der Waals surface area contributed by atoms with Gasteiger partial charge in [-0.2, -0.15) is 0 Å². The number of hydrogen-bond donors (Lipinski definition) is 1. The van der Waals surface area contributed by atoms with Crippen molar-refractivity contribution in [3.05, 3.63) is 0 Å². The predicted molar refractivity (Wildman–Crippen MR) is 78.3 cm³/mol. The van der Waals surface area contributed by atoms with Crippen molar-refractivity contribution in [2.45, 2.75) is 39.0 Å². The molecule has 2 heterocycles. The zero-order valence-corrected chi connectivity index (χ0v) is 12.5. The third-order valence-corrected chi connectivity index (χ3v) is 5.51. The Bertz CT molecular complexity index is 276. The molecular weight excluding hydrogens is 236 g/mol. The van der Waals surface area contributed by atoms with Gasteiger partial charge in [0.2, 0.25) is 0 Å². The van der Waals surface area contributed by atoms with Gasteiger partial charge in [-0.15, -0.1) is 0 Å². The molecule has 1 aliphatic carbocycles. The number of hydrogen-bond acceptors (Lipinski definition) is 3. The Labute approximate surface area is 118 Å². The normalized spacial score (nSPS) is 39.6. The highest BCUT2D eigenvalue weighted by Gasteiger charge is 2.40. The van der Waals surface area contributed by atoms with E-state index in [1.165, 1.54) is 51.7 Å². The molecular formula is C16H30N2O. The van der Waals surface area contributed by atoms with Crippen molar-refractivity contribution >= 4 is 0 Å². The number of fused-ring (bicyclic) bond motifs is 1. The Morgan fingerprint density at radius 3 is 2.63 bits per heavy atom. The molecule has 3 heteroatoms. The minimum absolute atomic E-state index is 0.382. The van der Waals surface area contributed by atoms with Crippen molar-refractivity contribution in [1.82, 2.24) is 10.2 Å². The Balaban J connectivity index is 1.58. The number of rotatable bonds is 5. The van der Waals surface area contributed by atoms with Crippen LogP contribution in [0.2, 0.25) is 0 Å². The SMILES string of the molecule is CCNCC1(CN2CC3CCCC3C2)CCCOC1. The third kappa shape index (κ3) is 3.14. The fourth-order valence-electron chi connectivity index (χ4n) is 4.56. The van der Waals surface area contributed by atoms with E-state index in [4.69, 9.17) is 4.74 Å². The van der Waals surface area contributed by atoms with Crippen LogP contribution in [0.5, 0.6) is 0 Å². The van der Waals surface area contributed by atoms with E-state index in [9.17, 15) is 0 Å². The lowest BCUT2D eigenvalue weighted by molar-refractivity contribution is -0.0237. The first kappa shape index (κ1) is 13.8.